The number of halogens is 4. The molecule has 1 atom stereocenters. The molecule has 0 unspecified atom stereocenters. The molecule has 13 nitrogen and oxygen atoms in total. The lowest BCUT2D eigenvalue weighted by Crippen LogP contribution is -2.53. The average molecular weight is 991 g/mol. The van der Waals surface area contributed by atoms with Gasteiger partial charge < -0.3 is 29.7 Å². The molecule has 3 fully saturated rings. The van der Waals surface area contributed by atoms with Crippen LogP contribution in [0.25, 0.3) is 10.9 Å². The Morgan fingerprint density at radius 2 is 1.62 bits per heavy atom. The number of anilines is 5. The Bertz CT molecular complexity index is 2680. The van der Waals surface area contributed by atoms with Gasteiger partial charge in [-0.05, 0) is 123 Å². The van der Waals surface area contributed by atoms with E-state index in [1.807, 2.05) is 6.92 Å². The Hall–Kier alpha value is -5.09. The van der Waals surface area contributed by atoms with Crippen LogP contribution < -0.4 is 30.9 Å². The number of hydrogen-bond donors (Lipinski definition) is 3. The molecule has 0 saturated carbocycles. The maximum Gasteiger partial charge on any atom is 0.234 e. The lowest BCUT2D eigenvalue weighted by molar-refractivity contribution is -0.134. The smallest absolute Gasteiger partial charge is 0.234 e. The molecule has 2 aromatic heterocycles. The van der Waals surface area contributed by atoms with Gasteiger partial charge in [0.05, 0.1) is 39.6 Å². The molecule has 350 valence electrons. The van der Waals surface area contributed by atoms with Gasteiger partial charge >= 0.3 is 0 Å². The predicted molar refractivity (Wildman–Crippen MR) is 257 cm³/mol. The summed E-state index contributed by atoms with van der Waals surface area (Å²) in [4.78, 5) is 44.9. The number of hydrogen-bond acceptors (Lipinski definition) is 12. The maximum atomic E-state index is 15.1. The molecule has 5 aromatic rings. The van der Waals surface area contributed by atoms with Gasteiger partial charge in [0, 0.05) is 92.5 Å². The van der Waals surface area contributed by atoms with Crippen LogP contribution in [0.15, 0.2) is 53.1 Å². The number of amides is 2. The van der Waals surface area contributed by atoms with Crippen LogP contribution in [0.1, 0.15) is 67.8 Å². The summed E-state index contributed by atoms with van der Waals surface area (Å²) in [5, 5.41) is 9.88. The van der Waals surface area contributed by atoms with Crippen molar-refractivity contribution < 1.29 is 32.1 Å². The summed E-state index contributed by atoms with van der Waals surface area (Å²) >= 11 is 3.57. The summed E-state index contributed by atoms with van der Waals surface area (Å²) in [7, 11) is -2.93. The number of fused-ring (bicyclic) bond motifs is 1. The van der Waals surface area contributed by atoms with E-state index < -0.39 is 42.3 Å². The molecule has 3 aliphatic rings. The van der Waals surface area contributed by atoms with Crippen LogP contribution in [-0.4, -0.2) is 108 Å². The van der Waals surface area contributed by atoms with Gasteiger partial charge in [0.15, 0.2) is 0 Å². The second-order valence-corrected chi connectivity index (χ2v) is 21.7. The highest BCUT2D eigenvalue weighted by Crippen LogP contribution is 2.43. The number of ether oxygens (including phenoxy) is 1. The fourth-order valence-corrected chi connectivity index (χ4v) is 11.3. The van der Waals surface area contributed by atoms with Gasteiger partial charge in [0.25, 0.3) is 0 Å². The minimum Gasteiger partial charge on any atom is -0.492 e. The molecule has 66 heavy (non-hydrogen) atoms. The number of carbonyl (C=O) groups is 2. The monoisotopic (exact) mass is 989 g/mol. The predicted octanol–water partition coefficient (Wildman–Crippen LogP) is 8.56. The topological polar surface area (TPSA) is 145 Å². The van der Waals surface area contributed by atoms with E-state index in [0.29, 0.717) is 75.1 Å². The van der Waals surface area contributed by atoms with Crippen molar-refractivity contribution in [2.24, 2.45) is 0 Å². The summed E-state index contributed by atoms with van der Waals surface area (Å²) in [6.45, 7) is 15.5. The quantitative estimate of drug-likeness (QED) is 0.0725. The van der Waals surface area contributed by atoms with Crippen molar-refractivity contribution in [2.75, 3.05) is 81.3 Å². The van der Waals surface area contributed by atoms with Gasteiger partial charge in [-0.25, -0.2) is 18.2 Å². The fourth-order valence-electron chi connectivity index (χ4n) is 9.50. The zero-order valence-electron chi connectivity index (χ0n) is 37.9. The number of benzene rings is 3. The Morgan fingerprint density at radius 3 is 2.29 bits per heavy atom. The summed E-state index contributed by atoms with van der Waals surface area (Å²) in [5.41, 5.74) is 4.69. The highest BCUT2D eigenvalue weighted by Gasteiger charge is 2.33. The summed E-state index contributed by atoms with van der Waals surface area (Å²) in [6, 6.07) is 12.3. The third-order valence-electron chi connectivity index (χ3n) is 12.9. The first-order valence-electron chi connectivity index (χ1n) is 22.6. The first-order valence-corrected chi connectivity index (χ1v) is 26.0. The van der Waals surface area contributed by atoms with Gasteiger partial charge in [0.2, 0.25) is 17.8 Å². The molecule has 0 spiro atoms. The number of pyridine rings is 1. The molecule has 3 aromatic carbocycles. The van der Waals surface area contributed by atoms with Crippen molar-refractivity contribution in [3.63, 3.8) is 0 Å². The molecule has 0 radical (unpaired) electrons. The second kappa shape index (κ2) is 20.0. The maximum absolute atomic E-state index is 15.1. The van der Waals surface area contributed by atoms with Crippen LogP contribution >= 0.6 is 23.1 Å². The van der Waals surface area contributed by atoms with Crippen molar-refractivity contribution in [3.05, 3.63) is 93.0 Å². The van der Waals surface area contributed by atoms with Crippen LogP contribution in [0.4, 0.5) is 42.0 Å². The third-order valence-corrected chi connectivity index (χ3v) is 15.1. The van der Waals surface area contributed by atoms with E-state index in [1.165, 1.54) is 18.2 Å². The first kappa shape index (κ1) is 47.4. The van der Waals surface area contributed by atoms with E-state index in [-0.39, 0.29) is 24.1 Å². The Balaban J connectivity index is 0.889. The van der Waals surface area contributed by atoms with Crippen LogP contribution in [0.2, 0.25) is 0 Å². The average Bonchev–Trinajstić information content (AvgIpc) is 3.28. The largest absolute Gasteiger partial charge is 0.492 e. The molecule has 0 aliphatic carbocycles. The number of aromatic nitrogens is 3. The van der Waals surface area contributed by atoms with Gasteiger partial charge in [-0.3, -0.25) is 24.8 Å². The zero-order chi connectivity index (χ0) is 46.9. The van der Waals surface area contributed by atoms with E-state index in [2.05, 4.69) is 75.6 Å². The van der Waals surface area contributed by atoms with E-state index in [0.717, 1.165) is 75.5 Å². The number of piperidine rings is 2. The third kappa shape index (κ3) is 10.4. The first-order chi connectivity index (χ1) is 31.6. The number of imide groups is 1. The van der Waals surface area contributed by atoms with Gasteiger partial charge in [-0.15, -0.1) is 0 Å². The minimum atomic E-state index is -2.93. The molecule has 2 amide bonds. The fraction of sp³-hybridized carbons (Fsp3) is 0.438. The number of rotatable bonds is 14. The standard InChI is InChI=1S/C48H56BrF3N9O4P/c1-6-30-24-40(56-48-53-27-34(49)46(58-48)55-39-10-9-38-33(45(39)66(4,5)64)25-35(50)28(3)54-38)42(65-7-2)26-41(30)61-16-13-31(14-17-61)60-20-18-59(19-21-60)15-12-29-22-36(51)44(37(52)23-29)32-8-11-43(62)57-47(32)63/h9-10,22-27,31-32H,6-8,11-21H2,1-5H3,(H,57,62,63)(H2,53,55,56,58)/t32-/m1/s1. The second-order valence-electron chi connectivity index (χ2n) is 17.7. The summed E-state index contributed by atoms with van der Waals surface area (Å²) in [6.07, 6.45) is 5.11. The van der Waals surface area contributed by atoms with Gasteiger partial charge in [0.1, 0.15) is 36.2 Å². The van der Waals surface area contributed by atoms with Gasteiger partial charge in [-0.2, -0.15) is 4.98 Å². The van der Waals surface area contributed by atoms with Crippen molar-refractivity contribution in [1.82, 2.24) is 30.1 Å². The van der Waals surface area contributed by atoms with Gasteiger partial charge in [-0.1, -0.05) is 6.92 Å². The molecular formula is C48H56BrF3N9O4P. The molecule has 0 bridgehead atoms. The number of piperazine rings is 1. The summed E-state index contributed by atoms with van der Waals surface area (Å²) < 4.78 is 65.4. The minimum absolute atomic E-state index is 0.0585. The lowest BCUT2D eigenvalue weighted by Gasteiger charge is -2.43. The highest BCUT2D eigenvalue weighted by atomic mass is 79.9. The van der Waals surface area contributed by atoms with E-state index in [4.69, 9.17) is 9.72 Å². The van der Waals surface area contributed by atoms with Crippen LogP contribution in [0.3, 0.4) is 0 Å². The Kier molecular flexibility index (Phi) is 14.4. The number of aryl methyl sites for hydroxylation is 2. The number of nitrogens with one attached hydrogen (secondary N) is 3. The molecule has 5 heterocycles. The zero-order valence-corrected chi connectivity index (χ0v) is 40.4. The normalized spacial score (nSPS) is 17.9. The number of carbonyl (C=O) groups excluding carboxylic acids is 2. The van der Waals surface area contributed by atoms with Crippen molar-refractivity contribution in [2.45, 2.75) is 71.3 Å². The van der Waals surface area contributed by atoms with Crippen LogP contribution in [0.5, 0.6) is 5.75 Å². The van der Waals surface area contributed by atoms with Crippen molar-refractivity contribution in [3.8, 4) is 5.75 Å². The van der Waals surface area contributed by atoms with E-state index in [1.54, 1.807) is 38.6 Å². The highest BCUT2D eigenvalue weighted by molar-refractivity contribution is 9.10. The molecule has 8 rings (SSSR count). The van der Waals surface area contributed by atoms with E-state index >= 15 is 8.78 Å². The summed E-state index contributed by atoms with van der Waals surface area (Å²) in [5.74, 6) is -2.59. The van der Waals surface area contributed by atoms with Crippen LogP contribution in [-0.2, 0) is 27.0 Å². The van der Waals surface area contributed by atoms with Crippen molar-refractivity contribution >= 4 is 79.9 Å². The SMILES string of the molecule is CCOc1cc(N2CCC(N3CCN(CCc4cc(F)c([C@H]5CCC(=O)NC5=O)c(F)c4)CC3)CC2)c(CC)cc1Nc1ncc(Br)c(Nc2ccc3nc(C)c(F)cc3c2P(C)(C)=O)n1. The van der Waals surface area contributed by atoms with Crippen molar-refractivity contribution in [1.29, 1.82) is 0 Å². The molecule has 3 aliphatic heterocycles. The molecular weight excluding hydrogens is 934 g/mol. The Labute approximate surface area is 391 Å². The van der Waals surface area contributed by atoms with Crippen LogP contribution in [0, 0.1) is 24.4 Å². The number of nitrogens with zero attached hydrogens (tertiary/aromatic N) is 6. The van der Waals surface area contributed by atoms with E-state index in [9.17, 15) is 18.5 Å². The lowest BCUT2D eigenvalue weighted by atomic mass is 9.89. The molecule has 3 saturated heterocycles. The molecule has 18 heteroatoms. The Morgan fingerprint density at radius 1 is 0.894 bits per heavy atom. The molecule has 3 N–H and O–H groups in total.